The fraction of sp³-hybridized carbons (Fsp3) is 0.0526. The van der Waals surface area contributed by atoms with Gasteiger partial charge in [-0.15, -0.1) is 0 Å². The van der Waals surface area contributed by atoms with Gasteiger partial charge in [0.15, 0.2) is 5.75 Å². The van der Waals surface area contributed by atoms with Gasteiger partial charge in [0.2, 0.25) is 11.8 Å². The van der Waals surface area contributed by atoms with Crippen molar-refractivity contribution in [2.24, 2.45) is 0 Å². The van der Waals surface area contributed by atoms with Gasteiger partial charge in [-0.2, -0.15) is 15.5 Å². The van der Waals surface area contributed by atoms with Crippen molar-refractivity contribution in [2.45, 2.75) is 6.61 Å². The van der Waals surface area contributed by atoms with E-state index in [-0.39, 0.29) is 18.4 Å². The van der Waals surface area contributed by atoms with E-state index in [0.29, 0.717) is 41.7 Å². The SMILES string of the molecule is N#Cc1ccc(Nc2nc(CO)c(Br)c(Oc3c(Br)cc(C#N)cc3Br)n2)cc1. The number of hydrogen-bond donors (Lipinski definition) is 2. The van der Waals surface area contributed by atoms with Gasteiger partial charge in [-0.3, -0.25) is 0 Å². The minimum atomic E-state index is -0.336. The van der Waals surface area contributed by atoms with Crippen molar-refractivity contribution in [3.05, 3.63) is 66.6 Å². The molecule has 0 aliphatic carbocycles. The van der Waals surface area contributed by atoms with Crippen LogP contribution in [0.2, 0.25) is 0 Å². The van der Waals surface area contributed by atoms with Crippen molar-refractivity contribution in [2.75, 3.05) is 5.32 Å². The first-order valence-electron chi connectivity index (χ1n) is 7.96. The molecule has 0 radical (unpaired) electrons. The first kappa shape index (κ1) is 21.2. The molecule has 2 N–H and O–H groups in total. The summed E-state index contributed by atoms with van der Waals surface area (Å²) in [5, 5.41) is 30.6. The summed E-state index contributed by atoms with van der Waals surface area (Å²) in [4.78, 5) is 8.64. The van der Waals surface area contributed by atoms with E-state index in [9.17, 15) is 5.11 Å². The van der Waals surface area contributed by atoms with Gasteiger partial charge in [-0.1, -0.05) is 0 Å². The zero-order valence-corrected chi connectivity index (χ0v) is 19.2. The Balaban J connectivity index is 1.98. The van der Waals surface area contributed by atoms with Gasteiger partial charge >= 0.3 is 0 Å². The molecule has 0 spiro atoms. The number of nitrogens with one attached hydrogen (secondary N) is 1. The van der Waals surface area contributed by atoms with Crippen LogP contribution in [-0.2, 0) is 6.61 Å². The van der Waals surface area contributed by atoms with Gasteiger partial charge in [0.05, 0.1) is 44.5 Å². The number of aliphatic hydroxyl groups excluding tert-OH is 1. The minimum absolute atomic E-state index is 0.173. The molecule has 0 saturated heterocycles. The molecule has 0 aliphatic heterocycles. The van der Waals surface area contributed by atoms with Crippen LogP contribution in [0.15, 0.2) is 49.8 Å². The van der Waals surface area contributed by atoms with Crippen molar-refractivity contribution in [3.8, 4) is 23.8 Å². The second-order valence-corrected chi connectivity index (χ2v) is 8.07. The van der Waals surface area contributed by atoms with Gasteiger partial charge in [0.1, 0.15) is 4.47 Å². The lowest BCUT2D eigenvalue weighted by Crippen LogP contribution is -2.04. The Kier molecular flexibility index (Phi) is 6.83. The summed E-state index contributed by atoms with van der Waals surface area (Å²) in [7, 11) is 0. The summed E-state index contributed by atoms with van der Waals surface area (Å²) in [5.41, 5.74) is 1.98. The van der Waals surface area contributed by atoms with Crippen LogP contribution < -0.4 is 10.1 Å². The number of aromatic nitrogens is 2. The number of anilines is 2. The molecule has 3 rings (SSSR count). The number of hydrogen-bond acceptors (Lipinski definition) is 7. The van der Waals surface area contributed by atoms with E-state index < -0.39 is 0 Å². The molecule has 3 aromatic rings. The number of aliphatic hydroxyl groups is 1. The lowest BCUT2D eigenvalue weighted by molar-refractivity contribution is 0.275. The third-order valence-corrected chi connectivity index (χ3v) is 5.61. The standard InChI is InChI=1S/C19H10Br3N5O2/c20-13-5-11(8-24)6-14(21)17(13)29-18-16(22)15(9-28)26-19(27-18)25-12-3-1-10(7-23)2-4-12/h1-6,28H,9H2,(H,25,26,27). The Morgan fingerprint density at radius 1 is 0.966 bits per heavy atom. The summed E-state index contributed by atoms with van der Waals surface area (Å²) in [5.74, 6) is 0.792. The molecule has 7 nitrogen and oxygen atoms in total. The summed E-state index contributed by atoms with van der Waals surface area (Å²) < 4.78 is 7.44. The van der Waals surface area contributed by atoms with Crippen LogP contribution in [0.5, 0.6) is 11.6 Å². The Morgan fingerprint density at radius 2 is 1.59 bits per heavy atom. The van der Waals surface area contributed by atoms with Crippen LogP contribution in [0.4, 0.5) is 11.6 Å². The van der Waals surface area contributed by atoms with Crippen LogP contribution in [0.3, 0.4) is 0 Å². The topological polar surface area (TPSA) is 115 Å². The fourth-order valence-electron chi connectivity index (χ4n) is 2.27. The monoisotopic (exact) mass is 577 g/mol. The van der Waals surface area contributed by atoms with E-state index in [2.05, 4.69) is 75.2 Å². The van der Waals surface area contributed by atoms with E-state index in [4.69, 9.17) is 15.3 Å². The van der Waals surface area contributed by atoms with Gasteiger partial charge in [-0.05, 0) is 84.2 Å². The molecule has 0 amide bonds. The van der Waals surface area contributed by atoms with Gasteiger partial charge in [0.25, 0.3) is 0 Å². The molecule has 0 aliphatic rings. The lowest BCUT2D eigenvalue weighted by atomic mass is 10.2. The molecule has 0 atom stereocenters. The molecule has 0 unspecified atom stereocenters. The van der Waals surface area contributed by atoms with Crippen LogP contribution in [-0.4, -0.2) is 15.1 Å². The predicted octanol–water partition coefficient (Wildman–Crippen LogP) is 5.54. The molecular weight excluding hydrogens is 570 g/mol. The third kappa shape index (κ3) is 4.92. The zero-order chi connectivity index (χ0) is 21.0. The van der Waals surface area contributed by atoms with E-state index in [1.165, 1.54) is 0 Å². The molecule has 0 saturated carbocycles. The first-order valence-corrected chi connectivity index (χ1v) is 10.3. The van der Waals surface area contributed by atoms with Gasteiger partial charge < -0.3 is 15.2 Å². The first-order chi connectivity index (χ1) is 13.9. The van der Waals surface area contributed by atoms with Crippen LogP contribution >= 0.6 is 47.8 Å². The van der Waals surface area contributed by atoms with E-state index in [1.54, 1.807) is 36.4 Å². The van der Waals surface area contributed by atoms with Crippen LogP contribution in [0.25, 0.3) is 0 Å². The molecule has 0 fully saturated rings. The van der Waals surface area contributed by atoms with Gasteiger partial charge in [0, 0.05) is 5.69 Å². The molecule has 0 bridgehead atoms. The summed E-state index contributed by atoms with van der Waals surface area (Å²) in [6.45, 7) is -0.336. The Bertz CT molecular complexity index is 1130. The van der Waals surface area contributed by atoms with E-state index >= 15 is 0 Å². The molecule has 1 heterocycles. The largest absolute Gasteiger partial charge is 0.435 e. The van der Waals surface area contributed by atoms with Crippen LogP contribution in [0, 0.1) is 22.7 Å². The molecule has 1 aromatic heterocycles. The highest BCUT2D eigenvalue weighted by Gasteiger charge is 2.17. The number of rotatable bonds is 5. The molecular formula is C19H10Br3N5O2. The Hall–Kier alpha value is -2.50. The normalized spacial score (nSPS) is 10.1. The summed E-state index contributed by atoms with van der Waals surface area (Å²) in [6, 6.07) is 14.1. The quantitative estimate of drug-likeness (QED) is 0.408. The summed E-state index contributed by atoms with van der Waals surface area (Å²) >= 11 is 10.1. The summed E-state index contributed by atoms with van der Waals surface area (Å²) in [6.07, 6.45) is 0. The second-order valence-electron chi connectivity index (χ2n) is 5.57. The number of benzene rings is 2. The maximum atomic E-state index is 9.65. The average molecular weight is 580 g/mol. The van der Waals surface area contributed by atoms with E-state index in [1.807, 2.05) is 0 Å². The van der Waals surface area contributed by atoms with Crippen molar-refractivity contribution in [1.82, 2.24) is 9.97 Å². The highest BCUT2D eigenvalue weighted by molar-refractivity contribution is 9.11. The van der Waals surface area contributed by atoms with Crippen molar-refractivity contribution in [1.29, 1.82) is 10.5 Å². The molecule has 29 heavy (non-hydrogen) atoms. The average Bonchev–Trinajstić information content (AvgIpc) is 2.72. The minimum Gasteiger partial charge on any atom is -0.435 e. The Labute approximate surface area is 191 Å². The van der Waals surface area contributed by atoms with E-state index in [0.717, 1.165) is 0 Å². The molecule has 10 heteroatoms. The smallest absolute Gasteiger partial charge is 0.238 e. The maximum Gasteiger partial charge on any atom is 0.238 e. The highest BCUT2D eigenvalue weighted by Crippen LogP contribution is 2.40. The number of nitrogens with zero attached hydrogens (tertiary/aromatic N) is 4. The van der Waals surface area contributed by atoms with Crippen molar-refractivity contribution in [3.63, 3.8) is 0 Å². The maximum absolute atomic E-state index is 9.65. The third-order valence-electron chi connectivity index (χ3n) is 3.64. The molecule has 2 aromatic carbocycles. The zero-order valence-electron chi connectivity index (χ0n) is 14.4. The molecule has 144 valence electrons. The van der Waals surface area contributed by atoms with Crippen LogP contribution in [0.1, 0.15) is 16.8 Å². The lowest BCUT2D eigenvalue weighted by Gasteiger charge is -2.14. The van der Waals surface area contributed by atoms with Crippen molar-refractivity contribution >= 4 is 59.4 Å². The van der Waals surface area contributed by atoms with Crippen molar-refractivity contribution < 1.29 is 9.84 Å². The highest BCUT2D eigenvalue weighted by atomic mass is 79.9. The number of halogens is 3. The number of nitriles is 2. The number of ether oxygens (including phenoxy) is 1. The van der Waals surface area contributed by atoms with Gasteiger partial charge in [-0.25, -0.2) is 4.98 Å². The second kappa shape index (κ2) is 9.33. The predicted molar refractivity (Wildman–Crippen MR) is 117 cm³/mol. The Morgan fingerprint density at radius 3 is 2.14 bits per heavy atom. The fourth-order valence-corrected chi connectivity index (χ4v) is 4.01.